The number of urea groups is 1. The van der Waals surface area contributed by atoms with Gasteiger partial charge in [0.2, 0.25) is 5.91 Å². The van der Waals surface area contributed by atoms with E-state index >= 15 is 0 Å². The first-order valence-electron chi connectivity index (χ1n) is 13.7. The Morgan fingerprint density at radius 3 is 2.61 bits per heavy atom. The van der Waals surface area contributed by atoms with Crippen LogP contribution in [0.3, 0.4) is 0 Å². The van der Waals surface area contributed by atoms with Crippen molar-refractivity contribution in [2.45, 2.75) is 62.8 Å². The van der Waals surface area contributed by atoms with Crippen LogP contribution in [-0.2, 0) is 17.5 Å². The molecule has 3 fully saturated rings. The second-order valence-corrected chi connectivity index (χ2v) is 10.0. The van der Waals surface area contributed by atoms with Crippen LogP contribution in [0, 0.1) is 6.92 Å². The minimum atomic E-state index is -4.74. The summed E-state index contributed by atoms with van der Waals surface area (Å²) in [6, 6.07) is 2.95. The van der Waals surface area contributed by atoms with Crippen molar-refractivity contribution in [3.63, 3.8) is 0 Å². The summed E-state index contributed by atoms with van der Waals surface area (Å²) in [4.78, 5) is 28.5. The Morgan fingerprint density at radius 2 is 1.97 bits per heavy atom. The van der Waals surface area contributed by atoms with Crippen LogP contribution in [0.2, 0.25) is 0 Å². The van der Waals surface area contributed by atoms with Crippen molar-refractivity contribution in [1.82, 2.24) is 24.9 Å². The van der Waals surface area contributed by atoms with Gasteiger partial charge in [0.25, 0.3) is 5.92 Å². The fourth-order valence-electron chi connectivity index (χ4n) is 5.16. The molecule has 8 nitrogen and oxygen atoms in total. The first-order chi connectivity index (χ1) is 19.0. The van der Waals surface area contributed by atoms with Crippen LogP contribution in [0.15, 0.2) is 24.3 Å². The van der Waals surface area contributed by atoms with Gasteiger partial charge in [-0.3, -0.25) is 9.48 Å². The number of hydrogen-bond acceptors (Lipinski definition) is 4. The molecule has 0 spiro atoms. The third-order valence-electron chi connectivity index (χ3n) is 7.28. The number of halogens is 5. The van der Waals surface area contributed by atoms with Crippen molar-refractivity contribution in [3.8, 4) is 5.75 Å². The maximum Gasteiger partial charge on any atom is 0.433 e. The van der Waals surface area contributed by atoms with Crippen LogP contribution in [-0.4, -0.2) is 70.2 Å². The molecule has 0 unspecified atom stereocenters. The zero-order valence-corrected chi connectivity index (χ0v) is 20.4. The number of carbonyl (C=O) groups is 2. The molecule has 3 heterocycles. The highest BCUT2D eigenvalue weighted by Crippen LogP contribution is 2.42. The van der Waals surface area contributed by atoms with Gasteiger partial charge >= 0.3 is 12.2 Å². The Hall–Kier alpha value is -3.38. The zero-order chi connectivity index (χ0) is 29.9. The molecule has 13 heteroatoms. The van der Waals surface area contributed by atoms with E-state index in [0.717, 1.165) is 11.0 Å². The molecule has 0 bridgehead atoms. The molecule has 0 radical (unpaired) electrons. The number of amides is 3. The molecule has 1 saturated carbocycles. The molecule has 2 atom stereocenters. The van der Waals surface area contributed by atoms with Gasteiger partial charge in [-0.1, -0.05) is 12.1 Å². The lowest BCUT2D eigenvalue weighted by Crippen LogP contribution is -2.62. The fourth-order valence-corrected chi connectivity index (χ4v) is 5.16. The third-order valence-corrected chi connectivity index (χ3v) is 7.28. The van der Waals surface area contributed by atoms with E-state index < -0.39 is 68.5 Å². The first-order valence-corrected chi connectivity index (χ1v) is 12.2. The predicted molar refractivity (Wildman–Crippen MR) is 125 cm³/mol. The highest BCUT2D eigenvalue weighted by Gasteiger charge is 2.48. The van der Waals surface area contributed by atoms with Gasteiger partial charge in [0.1, 0.15) is 18.0 Å². The number of alkyl halides is 5. The van der Waals surface area contributed by atoms with E-state index in [2.05, 4.69) is 10.4 Å². The molecular formula is C25H28F5N5O3. The summed E-state index contributed by atoms with van der Waals surface area (Å²) < 4.78 is 96.1. The molecule has 2 saturated heterocycles. The zero-order valence-electron chi connectivity index (χ0n) is 23.4. The van der Waals surface area contributed by atoms with Crippen LogP contribution >= 0.6 is 0 Å². The number of carbonyl (C=O) groups excluding carboxylic acids is 2. The molecule has 5 rings (SSSR count). The van der Waals surface area contributed by atoms with Gasteiger partial charge in [0, 0.05) is 12.5 Å². The number of rotatable bonds is 6. The third kappa shape index (κ3) is 5.02. The average molecular weight is 545 g/mol. The van der Waals surface area contributed by atoms with E-state index in [1.165, 1.54) is 17.0 Å². The smallest absolute Gasteiger partial charge is 0.433 e. The maximum absolute atomic E-state index is 13.8. The number of likely N-dealkylation sites (tertiary alicyclic amines) is 2. The lowest BCUT2D eigenvalue weighted by atomic mass is 9.95. The van der Waals surface area contributed by atoms with Gasteiger partial charge in [-0.25, -0.2) is 13.6 Å². The normalized spacial score (nSPS) is 24.3. The van der Waals surface area contributed by atoms with E-state index in [-0.39, 0.29) is 30.3 Å². The number of nitrogens with one attached hydrogen (secondary N) is 1. The lowest BCUT2D eigenvalue weighted by molar-refractivity contribution is -0.146. The Balaban J connectivity index is 1.44. The summed E-state index contributed by atoms with van der Waals surface area (Å²) in [5.41, 5.74) is -0.0394. The monoisotopic (exact) mass is 544 g/mol. The summed E-state index contributed by atoms with van der Waals surface area (Å²) in [6.07, 6.45) is -3.13. The average Bonchev–Trinajstić information content (AvgIpc) is 3.46. The van der Waals surface area contributed by atoms with Gasteiger partial charge in [-0.05, 0) is 49.4 Å². The summed E-state index contributed by atoms with van der Waals surface area (Å²) in [5, 5.41) is 6.74. The molecule has 206 valence electrons. The van der Waals surface area contributed by atoms with Crippen molar-refractivity contribution >= 4 is 11.9 Å². The van der Waals surface area contributed by atoms with Gasteiger partial charge in [0.05, 0.1) is 42.0 Å². The van der Waals surface area contributed by atoms with Crippen LogP contribution in [0.25, 0.3) is 0 Å². The van der Waals surface area contributed by atoms with Gasteiger partial charge in [-0.15, -0.1) is 0 Å². The second kappa shape index (κ2) is 9.42. The van der Waals surface area contributed by atoms with E-state index in [0.29, 0.717) is 28.7 Å². The first kappa shape index (κ1) is 22.6. The topological polar surface area (TPSA) is 79.7 Å². The minimum absolute atomic E-state index is 0.00484. The van der Waals surface area contributed by atoms with Crippen molar-refractivity contribution in [3.05, 3.63) is 46.8 Å². The second-order valence-electron chi connectivity index (χ2n) is 10.0. The maximum atomic E-state index is 13.8. The number of benzene rings is 1. The highest BCUT2D eigenvalue weighted by atomic mass is 19.4. The van der Waals surface area contributed by atoms with Crippen LogP contribution < -0.4 is 10.1 Å². The van der Waals surface area contributed by atoms with Gasteiger partial charge in [-0.2, -0.15) is 18.3 Å². The van der Waals surface area contributed by atoms with Crippen molar-refractivity contribution in [2.75, 3.05) is 26.7 Å². The molecule has 3 aliphatic rings. The predicted octanol–water partition coefficient (Wildman–Crippen LogP) is 4.10. The Bertz CT molecular complexity index is 1340. The fraction of sp³-hybridized carbons (Fsp3) is 0.560. The standard InChI is InChI=1S/C25H28F5N5O3/c1-14-16(4-3-5-19(14)38-2)22-17(31-23(37)33-12-24(26,27)13-33)8-9-34(22)21(36)11-35-20(25(28,29)30)10-18(32-35)15-6-7-15/h3-5,10,15,17,22H,6-9,11-13H2,1-2H3,(H,31,37)/t17-,22-/m1/s1/i2D3. The summed E-state index contributed by atoms with van der Waals surface area (Å²) in [7, 11) is -2.78. The number of aromatic nitrogens is 2. The van der Waals surface area contributed by atoms with Crippen LogP contribution in [0.1, 0.15) is 57.8 Å². The number of hydrogen-bond donors (Lipinski definition) is 1. The quantitative estimate of drug-likeness (QED) is 0.556. The van der Waals surface area contributed by atoms with E-state index in [9.17, 15) is 31.5 Å². The summed E-state index contributed by atoms with van der Waals surface area (Å²) in [6.45, 7) is -0.650. The molecule has 2 aliphatic heterocycles. The number of methoxy groups -OCH3 is 1. The van der Waals surface area contributed by atoms with Crippen molar-refractivity contribution < 1.29 is 40.4 Å². The molecule has 1 N–H and O–H groups in total. The molecule has 1 aromatic heterocycles. The van der Waals surface area contributed by atoms with Gasteiger partial charge < -0.3 is 19.9 Å². The van der Waals surface area contributed by atoms with Crippen molar-refractivity contribution in [1.29, 1.82) is 0 Å². The van der Waals surface area contributed by atoms with Gasteiger partial charge in [0.15, 0.2) is 0 Å². The summed E-state index contributed by atoms with van der Waals surface area (Å²) in [5.74, 6) is -3.79. The van der Waals surface area contributed by atoms with E-state index in [1.54, 1.807) is 13.0 Å². The highest BCUT2D eigenvalue weighted by molar-refractivity contribution is 5.79. The molecule has 3 amide bonds. The van der Waals surface area contributed by atoms with E-state index in [4.69, 9.17) is 8.85 Å². The Labute approximate surface area is 219 Å². The lowest BCUT2D eigenvalue weighted by Gasteiger charge is -2.39. The Morgan fingerprint density at radius 1 is 1.24 bits per heavy atom. The Kier molecular flexibility index (Phi) is 5.60. The molecular weight excluding hydrogens is 513 g/mol. The largest absolute Gasteiger partial charge is 0.496 e. The number of nitrogens with zero attached hydrogens (tertiary/aromatic N) is 4. The van der Waals surface area contributed by atoms with Crippen LogP contribution in [0.4, 0.5) is 26.7 Å². The summed E-state index contributed by atoms with van der Waals surface area (Å²) >= 11 is 0. The molecule has 38 heavy (non-hydrogen) atoms. The number of ether oxygens (including phenoxy) is 1. The van der Waals surface area contributed by atoms with Crippen LogP contribution in [0.5, 0.6) is 5.75 Å². The molecule has 1 aliphatic carbocycles. The van der Waals surface area contributed by atoms with E-state index in [1.807, 2.05) is 0 Å². The molecule has 1 aromatic carbocycles. The van der Waals surface area contributed by atoms with Crippen molar-refractivity contribution in [2.24, 2.45) is 0 Å². The molecule has 2 aromatic rings. The SMILES string of the molecule is [2H]C([2H])([2H])Oc1cccc([C@@H]2[C@H](NC(=O)N3CC(F)(F)C3)CCN2C(=O)Cn2nc(C3CC3)cc2C(F)(F)F)c1C. The minimum Gasteiger partial charge on any atom is -0.496 e.